The highest BCUT2D eigenvalue weighted by Gasteiger charge is 2.22. The van der Waals surface area contributed by atoms with Gasteiger partial charge in [0.15, 0.2) is 6.29 Å². The lowest BCUT2D eigenvalue weighted by Gasteiger charge is -2.33. The Morgan fingerprint density at radius 1 is 1.52 bits per heavy atom. The predicted octanol–water partition coefficient (Wildman–Crippen LogP) is 0.861. The van der Waals surface area contributed by atoms with Crippen molar-refractivity contribution in [3.05, 3.63) is 29.4 Å². The smallest absolute Gasteiger partial charge is 0.157 e. The van der Waals surface area contributed by atoms with Gasteiger partial charge in [-0.05, 0) is 26.8 Å². The second-order valence-corrected chi connectivity index (χ2v) is 5.28. The minimum Gasteiger partial charge on any atom is -0.361 e. The molecule has 3 rings (SSSR count). The maximum absolute atomic E-state index is 11.1. The molecule has 7 heteroatoms. The first kappa shape index (κ1) is 13.8. The lowest BCUT2D eigenvalue weighted by molar-refractivity contribution is -0.109. The minimum absolute atomic E-state index is 0.268. The standard InChI is InChI=1S/C14H19N5O2/c1-10-13(11(2)21-17-10)8-18-7-12(6-16-18)19-5-3-4-15-14(19)9-20/h6-7,9,14-15H,3-5,8H2,1-2H3. The van der Waals surface area contributed by atoms with Crippen molar-refractivity contribution >= 4 is 12.0 Å². The Balaban J connectivity index is 1.78. The molecule has 21 heavy (non-hydrogen) atoms. The van der Waals surface area contributed by atoms with Crippen LogP contribution in [0.4, 0.5) is 5.69 Å². The Bertz CT molecular complexity index is 614. The Hall–Kier alpha value is -2.15. The Morgan fingerprint density at radius 2 is 2.38 bits per heavy atom. The van der Waals surface area contributed by atoms with Crippen molar-refractivity contribution < 1.29 is 9.32 Å². The third kappa shape index (κ3) is 2.69. The number of carbonyl (C=O) groups excluding carboxylic acids is 1. The summed E-state index contributed by atoms with van der Waals surface area (Å²) >= 11 is 0. The van der Waals surface area contributed by atoms with Crippen LogP contribution in [0.25, 0.3) is 0 Å². The number of aldehydes is 1. The lowest BCUT2D eigenvalue weighted by atomic mass is 10.2. The number of anilines is 1. The molecule has 0 amide bonds. The number of aryl methyl sites for hydroxylation is 2. The molecule has 1 fully saturated rings. The summed E-state index contributed by atoms with van der Waals surface area (Å²) in [5.74, 6) is 0.815. The summed E-state index contributed by atoms with van der Waals surface area (Å²) in [6.07, 6.45) is 5.43. The van der Waals surface area contributed by atoms with Crippen LogP contribution in [0.5, 0.6) is 0 Å². The van der Waals surface area contributed by atoms with Crippen molar-refractivity contribution in [2.45, 2.75) is 33.0 Å². The fourth-order valence-electron chi connectivity index (χ4n) is 2.64. The molecule has 1 atom stereocenters. The van der Waals surface area contributed by atoms with Crippen molar-refractivity contribution in [2.24, 2.45) is 0 Å². The normalized spacial score (nSPS) is 19.0. The molecular formula is C14H19N5O2. The van der Waals surface area contributed by atoms with Gasteiger partial charge in [-0.25, -0.2) is 0 Å². The SMILES string of the molecule is Cc1noc(C)c1Cn1cc(N2CCCNC2C=O)cn1. The predicted molar refractivity (Wildman–Crippen MR) is 77.1 cm³/mol. The van der Waals surface area contributed by atoms with Gasteiger partial charge in [0, 0.05) is 18.3 Å². The molecule has 1 N–H and O–H groups in total. The second kappa shape index (κ2) is 5.69. The third-order valence-electron chi connectivity index (χ3n) is 3.85. The minimum atomic E-state index is -0.268. The van der Waals surface area contributed by atoms with E-state index >= 15 is 0 Å². The topological polar surface area (TPSA) is 76.2 Å². The Morgan fingerprint density at radius 3 is 3.10 bits per heavy atom. The van der Waals surface area contributed by atoms with E-state index in [2.05, 4.69) is 15.6 Å². The molecule has 112 valence electrons. The highest BCUT2D eigenvalue weighted by atomic mass is 16.5. The summed E-state index contributed by atoms with van der Waals surface area (Å²) in [6, 6.07) is 0. The van der Waals surface area contributed by atoms with Crippen LogP contribution in [0.3, 0.4) is 0 Å². The molecule has 0 saturated carbocycles. The molecular weight excluding hydrogens is 270 g/mol. The van der Waals surface area contributed by atoms with Gasteiger partial charge in [0.05, 0.1) is 24.1 Å². The van der Waals surface area contributed by atoms with Gasteiger partial charge in [0.1, 0.15) is 11.9 Å². The molecule has 2 aromatic heterocycles. The molecule has 1 aliphatic heterocycles. The van der Waals surface area contributed by atoms with Gasteiger partial charge in [-0.2, -0.15) is 5.10 Å². The van der Waals surface area contributed by atoms with E-state index in [4.69, 9.17) is 4.52 Å². The first-order chi connectivity index (χ1) is 10.2. The summed E-state index contributed by atoms with van der Waals surface area (Å²) < 4.78 is 7.01. The Labute approximate surface area is 122 Å². The van der Waals surface area contributed by atoms with E-state index in [1.807, 2.05) is 29.6 Å². The van der Waals surface area contributed by atoms with Crippen LogP contribution < -0.4 is 10.2 Å². The molecule has 1 aliphatic rings. The number of aromatic nitrogens is 3. The van der Waals surface area contributed by atoms with E-state index in [1.165, 1.54) is 0 Å². The summed E-state index contributed by atoms with van der Waals surface area (Å²) in [5.41, 5.74) is 2.88. The van der Waals surface area contributed by atoms with Crippen LogP contribution in [0, 0.1) is 13.8 Å². The van der Waals surface area contributed by atoms with Crippen LogP contribution in [-0.2, 0) is 11.3 Å². The second-order valence-electron chi connectivity index (χ2n) is 5.28. The zero-order valence-electron chi connectivity index (χ0n) is 12.2. The van der Waals surface area contributed by atoms with E-state index in [1.54, 1.807) is 6.20 Å². The number of hydrogen-bond donors (Lipinski definition) is 1. The molecule has 7 nitrogen and oxygen atoms in total. The monoisotopic (exact) mass is 289 g/mol. The highest BCUT2D eigenvalue weighted by Crippen LogP contribution is 2.19. The average Bonchev–Trinajstić information content (AvgIpc) is 3.09. The van der Waals surface area contributed by atoms with E-state index < -0.39 is 0 Å². The van der Waals surface area contributed by atoms with E-state index in [9.17, 15) is 4.79 Å². The van der Waals surface area contributed by atoms with Crippen molar-refractivity contribution in [1.29, 1.82) is 0 Å². The first-order valence-electron chi connectivity index (χ1n) is 7.08. The molecule has 0 aliphatic carbocycles. The van der Waals surface area contributed by atoms with Crippen LogP contribution in [0.1, 0.15) is 23.4 Å². The van der Waals surface area contributed by atoms with Gasteiger partial charge in [0.2, 0.25) is 0 Å². The molecule has 0 radical (unpaired) electrons. The third-order valence-corrected chi connectivity index (χ3v) is 3.85. The molecule has 1 saturated heterocycles. The van der Waals surface area contributed by atoms with Gasteiger partial charge in [-0.1, -0.05) is 5.16 Å². The van der Waals surface area contributed by atoms with Crippen LogP contribution in [0.15, 0.2) is 16.9 Å². The van der Waals surface area contributed by atoms with Gasteiger partial charge in [-0.15, -0.1) is 0 Å². The van der Waals surface area contributed by atoms with Gasteiger partial charge in [-0.3, -0.25) is 14.8 Å². The van der Waals surface area contributed by atoms with Gasteiger partial charge >= 0.3 is 0 Å². The van der Waals surface area contributed by atoms with E-state index in [0.29, 0.717) is 6.54 Å². The number of nitrogens with one attached hydrogen (secondary N) is 1. The fourth-order valence-corrected chi connectivity index (χ4v) is 2.64. The molecule has 2 aromatic rings. The summed E-state index contributed by atoms with van der Waals surface area (Å²) in [6.45, 7) is 6.17. The van der Waals surface area contributed by atoms with E-state index in [0.717, 1.165) is 48.5 Å². The quantitative estimate of drug-likeness (QED) is 0.841. The molecule has 0 bridgehead atoms. The fraction of sp³-hybridized carbons (Fsp3) is 0.500. The van der Waals surface area contributed by atoms with Crippen LogP contribution in [-0.4, -0.2) is 40.5 Å². The average molecular weight is 289 g/mol. The van der Waals surface area contributed by atoms with E-state index in [-0.39, 0.29) is 6.17 Å². The number of hydrogen-bond acceptors (Lipinski definition) is 6. The summed E-state index contributed by atoms with van der Waals surface area (Å²) in [4.78, 5) is 13.2. The molecule has 0 spiro atoms. The van der Waals surface area contributed by atoms with Crippen molar-refractivity contribution in [3.63, 3.8) is 0 Å². The molecule has 3 heterocycles. The maximum Gasteiger partial charge on any atom is 0.157 e. The summed E-state index contributed by atoms with van der Waals surface area (Å²) in [7, 11) is 0. The van der Waals surface area contributed by atoms with Crippen molar-refractivity contribution in [2.75, 3.05) is 18.0 Å². The Kier molecular flexibility index (Phi) is 3.74. The summed E-state index contributed by atoms with van der Waals surface area (Å²) in [5, 5.41) is 11.5. The van der Waals surface area contributed by atoms with Crippen LogP contribution >= 0.6 is 0 Å². The largest absolute Gasteiger partial charge is 0.361 e. The highest BCUT2D eigenvalue weighted by molar-refractivity contribution is 5.65. The number of rotatable bonds is 4. The zero-order chi connectivity index (χ0) is 14.8. The van der Waals surface area contributed by atoms with Gasteiger partial charge < -0.3 is 9.42 Å². The number of carbonyl (C=O) groups is 1. The van der Waals surface area contributed by atoms with Crippen molar-refractivity contribution in [3.8, 4) is 0 Å². The zero-order valence-corrected chi connectivity index (χ0v) is 12.2. The van der Waals surface area contributed by atoms with Crippen LogP contribution in [0.2, 0.25) is 0 Å². The maximum atomic E-state index is 11.1. The number of nitrogens with zero attached hydrogens (tertiary/aromatic N) is 4. The first-order valence-corrected chi connectivity index (χ1v) is 7.08. The molecule has 1 unspecified atom stereocenters. The van der Waals surface area contributed by atoms with Crippen molar-refractivity contribution in [1.82, 2.24) is 20.3 Å². The van der Waals surface area contributed by atoms with Gasteiger partial charge in [0.25, 0.3) is 0 Å². The lowest BCUT2D eigenvalue weighted by Crippen LogP contribution is -2.52. The molecule has 0 aromatic carbocycles.